The molecule has 0 N–H and O–H groups in total. The Hall–Kier alpha value is -4.34. The van der Waals surface area contributed by atoms with Gasteiger partial charge >= 0.3 is 0 Å². The molecular weight excluding hydrogens is 419 g/mol. The largest absolute Gasteiger partial charge is 0.467 e. The Morgan fingerprint density at radius 1 is 1.12 bits per heavy atom. The molecular formula is C22H17FN4O5. The molecule has 0 spiro atoms. The van der Waals surface area contributed by atoms with E-state index in [-0.39, 0.29) is 48.4 Å². The Balaban J connectivity index is 1.50. The van der Waals surface area contributed by atoms with Crippen molar-refractivity contribution in [2.24, 2.45) is 0 Å². The summed E-state index contributed by atoms with van der Waals surface area (Å²) in [6, 6.07) is 14.8. The molecule has 0 aliphatic heterocycles. The standard InChI is InChI=1S/C22H17FN4O5/c23-17-6-1-5-16(12-17)22(28)26(14-19-8-3-11-31-19)10-9-20-24-21(25-32-20)15-4-2-7-18(13-15)27(29)30/h1-8,11-13H,9-10,14H2. The van der Waals surface area contributed by atoms with Gasteiger partial charge in [0.1, 0.15) is 11.6 Å². The first-order valence-corrected chi connectivity index (χ1v) is 9.64. The van der Waals surface area contributed by atoms with Crippen LogP contribution < -0.4 is 0 Å². The van der Waals surface area contributed by atoms with E-state index in [2.05, 4.69) is 10.1 Å². The molecule has 0 aliphatic carbocycles. The second-order valence-electron chi connectivity index (χ2n) is 6.89. The predicted octanol–water partition coefficient (Wildman–Crippen LogP) is 4.26. The number of nitro benzene ring substituents is 1. The van der Waals surface area contributed by atoms with E-state index in [1.165, 1.54) is 53.6 Å². The average molecular weight is 436 g/mol. The lowest BCUT2D eigenvalue weighted by atomic mass is 10.2. The molecule has 2 aromatic heterocycles. The lowest BCUT2D eigenvalue weighted by Crippen LogP contribution is -2.32. The molecule has 1 amide bonds. The third-order valence-electron chi connectivity index (χ3n) is 4.66. The highest BCUT2D eigenvalue weighted by atomic mass is 19.1. The molecule has 32 heavy (non-hydrogen) atoms. The van der Waals surface area contributed by atoms with Crippen LogP contribution in [0, 0.1) is 15.9 Å². The van der Waals surface area contributed by atoms with E-state index in [1.54, 1.807) is 18.2 Å². The van der Waals surface area contributed by atoms with Crippen LogP contribution in [0.4, 0.5) is 10.1 Å². The van der Waals surface area contributed by atoms with Gasteiger partial charge in [-0.25, -0.2) is 4.39 Å². The minimum atomic E-state index is -0.507. The monoisotopic (exact) mass is 436 g/mol. The fourth-order valence-corrected chi connectivity index (χ4v) is 3.11. The predicted molar refractivity (Wildman–Crippen MR) is 110 cm³/mol. The Bertz CT molecular complexity index is 1240. The van der Waals surface area contributed by atoms with E-state index in [0.717, 1.165) is 0 Å². The lowest BCUT2D eigenvalue weighted by molar-refractivity contribution is -0.384. The number of halogens is 1. The van der Waals surface area contributed by atoms with Gasteiger partial charge in [-0.05, 0) is 30.3 Å². The van der Waals surface area contributed by atoms with Crippen molar-refractivity contribution in [3.63, 3.8) is 0 Å². The molecule has 0 unspecified atom stereocenters. The summed E-state index contributed by atoms with van der Waals surface area (Å²) in [5, 5.41) is 14.8. The number of furan rings is 1. The quantitative estimate of drug-likeness (QED) is 0.299. The molecule has 0 saturated heterocycles. The number of nitro groups is 1. The molecule has 0 aliphatic rings. The van der Waals surface area contributed by atoms with Crippen molar-refractivity contribution in [1.29, 1.82) is 0 Å². The Morgan fingerprint density at radius 2 is 1.97 bits per heavy atom. The first-order chi connectivity index (χ1) is 15.5. The van der Waals surface area contributed by atoms with Gasteiger partial charge in [-0.3, -0.25) is 14.9 Å². The normalized spacial score (nSPS) is 10.8. The zero-order valence-corrected chi connectivity index (χ0v) is 16.7. The second-order valence-corrected chi connectivity index (χ2v) is 6.89. The number of amides is 1. The maximum Gasteiger partial charge on any atom is 0.270 e. The van der Waals surface area contributed by atoms with Crippen LogP contribution >= 0.6 is 0 Å². The summed E-state index contributed by atoms with van der Waals surface area (Å²) in [5.41, 5.74) is 0.566. The molecule has 0 radical (unpaired) electrons. The molecule has 4 rings (SSSR count). The Labute approximate surface area is 181 Å². The van der Waals surface area contributed by atoms with Gasteiger partial charge in [-0.15, -0.1) is 0 Å². The molecule has 2 aromatic carbocycles. The molecule has 0 fully saturated rings. The number of non-ortho nitro benzene ring substituents is 1. The van der Waals surface area contributed by atoms with Gasteiger partial charge in [0.15, 0.2) is 0 Å². The van der Waals surface area contributed by atoms with Crippen LogP contribution in [0.2, 0.25) is 0 Å². The molecule has 4 aromatic rings. The first-order valence-electron chi connectivity index (χ1n) is 9.64. The van der Waals surface area contributed by atoms with E-state index in [4.69, 9.17) is 8.94 Å². The van der Waals surface area contributed by atoms with Crippen LogP contribution in [0.3, 0.4) is 0 Å². The van der Waals surface area contributed by atoms with Crippen molar-refractivity contribution < 1.29 is 23.0 Å². The minimum absolute atomic E-state index is 0.0841. The van der Waals surface area contributed by atoms with Crippen LogP contribution in [-0.4, -0.2) is 32.4 Å². The van der Waals surface area contributed by atoms with Crippen LogP contribution in [-0.2, 0) is 13.0 Å². The third-order valence-corrected chi connectivity index (χ3v) is 4.66. The van der Waals surface area contributed by atoms with Crippen LogP contribution in [0.25, 0.3) is 11.4 Å². The molecule has 162 valence electrons. The van der Waals surface area contributed by atoms with Gasteiger partial charge in [0, 0.05) is 36.2 Å². The number of aromatic nitrogens is 2. The smallest absolute Gasteiger partial charge is 0.270 e. The zero-order valence-electron chi connectivity index (χ0n) is 16.7. The van der Waals surface area contributed by atoms with Gasteiger partial charge < -0.3 is 13.8 Å². The van der Waals surface area contributed by atoms with Crippen LogP contribution in [0.15, 0.2) is 75.9 Å². The highest BCUT2D eigenvalue weighted by molar-refractivity contribution is 5.94. The summed E-state index contributed by atoms with van der Waals surface area (Å²) in [4.78, 5) is 29.2. The zero-order chi connectivity index (χ0) is 22.5. The average Bonchev–Trinajstić information content (AvgIpc) is 3.48. The van der Waals surface area contributed by atoms with Gasteiger partial charge in [-0.1, -0.05) is 23.4 Å². The van der Waals surface area contributed by atoms with Crippen molar-refractivity contribution in [3.8, 4) is 11.4 Å². The fraction of sp³-hybridized carbons (Fsp3) is 0.136. The van der Waals surface area contributed by atoms with Crippen molar-refractivity contribution in [2.75, 3.05) is 6.54 Å². The second kappa shape index (κ2) is 9.21. The van der Waals surface area contributed by atoms with Crippen LogP contribution in [0.5, 0.6) is 0 Å². The summed E-state index contributed by atoms with van der Waals surface area (Å²) in [6.07, 6.45) is 1.73. The number of carbonyl (C=O) groups excluding carboxylic acids is 1. The summed E-state index contributed by atoms with van der Waals surface area (Å²) in [7, 11) is 0. The first kappa shape index (κ1) is 20.9. The molecule has 0 atom stereocenters. The SMILES string of the molecule is O=C(c1cccc(F)c1)N(CCc1nc(-c2cccc([N+](=O)[O-])c2)no1)Cc1ccco1. The van der Waals surface area contributed by atoms with Crippen molar-refractivity contribution >= 4 is 11.6 Å². The van der Waals surface area contributed by atoms with Gasteiger partial charge in [0.2, 0.25) is 11.7 Å². The Kier molecular flexibility index (Phi) is 6.02. The van der Waals surface area contributed by atoms with E-state index < -0.39 is 10.7 Å². The van der Waals surface area contributed by atoms with E-state index in [9.17, 15) is 19.3 Å². The lowest BCUT2D eigenvalue weighted by Gasteiger charge is -2.21. The number of carbonyl (C=O) groups is 1. The topological polar surface area (TPSA) is 116 Å². The van der Waals surface area contributed by atoms with Gasteiger partial charge in [0.05, 0.1) is 17.7 Å². The highest BCUT2D eigenvalue weighted by Crippen LogP contribution is 2.22. The highest BCUT2D eigenvalue weighted by Gasteiger charge is 2.20. The number of benzene rings is 2. The molecule has 0 bridgehead atoms. The number of hydrogen-bond donors (Lipinski definition) is 0. The maximum absolute atomic E-state index is 13.6. The van der Waals surface area contributed by atoms with E-state index in [1.807, 2.05) is 0 Å². The maximum atomic E-state index is 13.6. The fourth-order valence-electron chi connectivity index (χ4n) is 3.11. The number of nitrogens with zero attached hydrogens (tertiary/aromatic N) is 4. The van der Waals surface area contributed by atoms with Crippen LogP contribution in [0.1, 0.15) is 22.0 Å². The number of rotatable bonds is 8. The van der Waals surface area contributed by atoms with Gasteiger partial charge in [-0.2, -0.15) is 4.98 Å². The van der Waals surface area contributed by atoms with Crippen molar-refractivity contribution in [3.05, 3.63) is 100 Å². The molecule has 2 heterocycles. The Morgan fingerprint density at radius 3 is 2.72 bits per heavy atom. The molecule has 9 nitrogen and oxygen atoms in total. The van der Waals surface area contributed by atoms with E-state index >= 15 is 0 Å². The summed E-state index contributed by atoms with van der Waals surface area (Å²) < 4.78 is 24.2. The summed E-state index contributed by atoms with van der Waals surface area (Å²) in [5.74, 6) is 0.143. The van der Waals surface area contributed by atoms with Crippen molar-refractivity contribution in [1.82, 2.24) is 15.0 Å². The summed E-state index contributed by atoms with van der Waals surface area (Å²) >= 11 is 0. The summed E-state index contributed by atoms with van der Waals surface area (Å²) in [6.45, 7) is 0.376. The minimum Gasteiger partial charge on any atom is -0.467 e. The van der Waals surface area contributed by atoms with E-state index in [0.29, 0.717) is 11.3 Å². The number of hydrogen-bond acceptors (Lipinski definition) is 7. The van der Waals surface area contributed by atoms with Gasteiger partial charge in [0.25, 0.3) is 11.6 Å². The van der Waals surface area contributed by atoms with Crippen molar-refractivity contribution in [2.45, 2.75) is 13.0 Å². The molecule has 10 heteroatoms. The molecule has 0 saturated carbocycles. The third kappa shape index (κ3) is 4.86.